The number of nitrogens with zero attached hydrogens (tertiary/aromatic N) is 2. The van der Waals surface area contributed by atoms with Crippen molar-refractivity contribution in [1.29, 1.82) is 0 Å². The van der Waals surface area contributed by atoms with E-state index < -0.39 is 0 Å². The molecule has 1 aromatic rings. The zero-order chi connectivity index (χ0) is 14.3. The monoisotopic (exact) mass is 293 g/mol. The van der Waals surface area contributed by atoms with Crippen LogP contribution in [-0.4, -0.2) is 47.9 Å². The van der Waals surface area contributed by atoms with Crippen LogP contribution < -0.4 is 5.73 Å². The predicted molar refractivity (Wildman–Crippen MR) is 81.0 cm³/mol. The minimum absolute atomic E-state index is 0.0279. The molecular formula is C15H20ClN3O. The predicted octanol–water partition coefficient (Wildman–Crippen LogP) is 2.23. The second-order valence-corrected chi connectivity index (χ2v) is 6.26. The fourth-order valence-corrected chi connectivity index (χ4v) is 3.57. The first-order chi connectivity index (χ1) is 9.56. The number of anilines is 1. The SMILES string of the molecule is CN1C2CCC1CN(C(=O)c1ccc(Cl)cc1N)CC2. The van der Waals surface area contributed by atoms with Gasteiger partial charge in [0.1, 0.15) is 0 Å². The zero-order valence-corrected chi connectivity index (χ0v) is 12.4. The largest absolute Gasteiger partial charge is 0.398 e. The molecule has 2 unspecified atom stereocenters. The molecule has 1 aromatic carbocycles. The highest BCUT2D eigenvalue weighted by molar-refractivity contribution is 6.31. The van der Waals surface area contributed by atoms with Gasteiger partial charge in [-0.3, -0.25) is 9.69 Å². The van der Waals surface area contributed by atoms with Crippen molar-refractivity contribution in [2.45, 2.75) is 31.3 Å². The summed E-state index contributed by atoms with van der Waals surface area (Å²) in [4.78, 5) is 17.0. The van der Waals surface area contributed by atoms with E-state index in [9.17, 15) is 4.79 Å². The number of carbonyl (C=O) groups is 1. The third kappa shape index (κ3) is 2.38. The lowest BCUT2D eigenvalue weighted by atomic mass is 10.1. The molecule has 2 bridgehead atoms. The van der Waals surface area contributed by atoms with Gasteiger partial charge in [-0.25, -0.2) is 0 Å². The van der Waals surface area contributed by atoms with Crippen LogP contribution in [0.25, 0.3) is 0 Å². The third-order valence-electron chi connectivity index (χ3n) is 4.68. The molecule has 2 aliphatic rings. The number of halogens is 1. The second kappa shape index (κ2) is 5.26. The van der Waals surface area contributed by atoms with Crippen LogP contribution in [0.5, 0.6) is 0 Å². The normalized spacial score (nSPS) is 26.6. The van der Waals surface area contributed by atoms with Crippen LogP contribution in [0.15, 0.2) is 18.2 Å². The Labute approximate surface area is 124 Å². The molecule has 0 aliphatic carbocycles. The zero-order valence-electron chi connectivity index (χ0n) is 11.7. The fraction of sp³-hybridized carbons (Fsp3) is 0.533. The number of hydrogen-bond donors (Lipinski definition) is 1. The van der Waals surface area contributed by atoms with Gasteiger partial charge in [0.15, 0.2) is 0 Å². The highest BCUT2D eigenvalue weighted by Crippen LogP contribution is 2.29. The molecule has 2 fully saturated rings. The van der Waals surface area contributed by atoms with Gasteiger partial charge in [0.05, 0.1) is 5.56 Å². The van der Waals surface area contributed by atoms with Crippen molar-refractivity contribution < 1.29 is 4.79 Å². The fourth-order valence-electron chi connectivity index (χ4n) is 3.39. The van der Waals surface area contributed by atoms with Crippen LogP contribution in [0.3, 0.4) is 0 Å². The summed E-state index contributed by atoms with van der Waals surface area (Å²) in [5.41, 5.74) is 6.96. The highest BCUT2D eigenvalue weighted by Gasteiger charge is 2.36. The van der Waals surface area contributed by atoms with Crippen LogP contribution in [0.2, 0.25) is 5.02 Å². The summed E-state index contributed by atoms with van der Waals surface area (Å²) in [5, 5.41) is 0.564. The Morgan fingerprint density at radius 2 is 2.05 bits per heavy atom. The van der Waals surface area contributed by atoms with Crippen molar-refractivity contribution in [1.82, 2.24) is 9.80 Å². The van der Waals surface area contributed by atoms with Crippen LogP contribution in [0, 0.1) is 0 Å². The van der Waals surface area contributed by atoms with Crippen LogP contribution in [0.1, 0.15) is 29.6 Å². The molecule has 5 heteroatoms. The average molecular weight is 294 g/mol. The van der Waals surface area contributed by atoms with E-state index >= 15 is 0 Å². The highest BCUT2D eigenvalue weighted by atomic mass is 35.5. The molecule has 2 heterocycles. The van der Waals surface area contributed by atoms with Gasteiger partial charge >= 0.3 is 0 Å². The number of rotatable bonds is 1. The Hall–Kier alpha value is -1.26. The average Bonchev–Trinajstić information content (AvgIpc) is 2.62. The van der Waals surface area contributed by atoms with E-state index in [1.165, 1.54) is 12.8 Å². The Morgan fingerprint density at radius 3 is 2.80 bits per heavy atom. The van der Waals surface area contributed by atoms with Crippen LogP contribution in [-0.2, 0) is 0 Å². The Bertz CT molecular complexity index is 534. The number of fused-ring (bicyclic) bond motifs is 2. The molecule has 0 saturated carbocycles. The van der Waals surface area contributed by atoms with Crippen LogP contribution >= 0.6 is 11.6 Å². The molecule has 2 atom stereocenters. The minimum atomic E-state index is 0.0279. The lowest BCUT2D eigenvalue weighted by molar-refractivity contribution is 0.0741. The first kappa shape index (κ1) is 13.7. The molecule has 2 aliphatic heterocycles. The maximum Gasteiger partial charge on any atom is 0.255 e. The minimum Gasteiger partial charge on any atom is -0.398 e. The number of nitrogens with two attached hydrogens (primary N) is 1. The third-order valence-corrected chi connectivity index (χ3v) is 4.91. The first-order valence-electron chi connectivity index (χ1n) is 7.12. The second-order valence-electron chi connectivity index (χ2n) is 5.82. The van der Waals surface area contributed by atoms with Crippen molar-refractivity contribution in [2.24, 2.45) is 0 Å². The quantitative estimate of drug-likeness (QED) is 0.808. The molecule has 20 heavy (non-hydrogen) atoms. The molecule has 3 rings (SSSR count). The number of carbonyl (C=O) groups excluding carboxylic acids is 1. The molecule has 2 N–H and O–H groups in total. The molecule has 0 radical (unpaired) electrons. The van der Waals surface area contributed by atoms with Gasteiger partial charge in [-0.15, -0.1) is 0 Å². The molecule has 0 spiro atoms. The topological polar surface area (TPSA) is 49.6 Å². The smallest absolute Gasteiger partial charge is 0.255 e. The number of hydrogen-bond acceptors (Lipinski definition) is 3. The van der Waals surface area contributed by atoms with Gasteiger partial charge in [0.25, 0.3) is 5.91 Å². The van der Waals surface area contributed by atoms with E-state index in [1.807, 2.05) is 4.90 Å². The molecule has 108 valence electrons. The number of likely N-dealkylation sites (N-methyl/N-ethyl adjacent to an activating group) is 1. The summed E-state index contributed by atoms with van der Waals surface area (Å²) >= 11 is 5.89. The number of amides is 1. The number of benzene rings is 1. The maximum atomic E-state index is 12.7. The van der Waals surface area contributed by atoms with Gasteiger partial charge in [-0.05, 0) is 44.5 Å². The van der Waals surface area contributed by atoms with Crippen molar-refractivity contribution in [2.75, 3.05) is 25.9 Å². The summed E-state index contributed by atoms with van der Waals surface area (Å²) < 4.78 is 0. The summed E-state index contributed by atoms with van der Waals surface area (Å²) in [7, 11) is 2.17. The van der Waals surface area contributed by atoms with Gasteiger partial charge < -0.3 is 10.6 Å². The maximum absolute atomic E-state index is 12.7. The van der Waals surface area contributed by atoms with Gasteiger partial charge in [-0.1, -0.05) is 11.6 Å². The first-order valence-corrected chi connectivity index (χ1v) is 7.50. The van der Waals surface area contributed by atoms with Gasteiger partial charge in [-0.2, -0.15) is 0 Å². The molecule has 2 saturated heterocycles. The van der Waals surface area contributed by atoms with Gasteiger partial charge in [0, 0.05) is 35.9 Å². The van der Waals surface area contributed by atoms with E-state index in [0.29, 0.717) is 28.4 Å². The Balaban J connectivity index is 1.80. The van der Waals surface area contributed by atoms with E-state index in [4.69, 9.17) is 17.3 Å². The number of likely N-dealkylation sites (tertiary alicyclic amines) is 1. The summed E-state index contributed by atoms with van der Waals surface area (Å²) in [6.07, 6.45) is 3.49. The molecule has 1 amide bonds. The molecule has 0 aromatic heterocycles. The van der Waals surface area contributed by atoms with E-state index in [2.05, 4.69) is 11.9 Å². The van der Waals surface area contributed by atoms with E-state index in [-0.39, 0.29) is 5.91 Å². The van der Waals surface area contributed by atoms with Crippen molar-refractivity contribution >= 4 is 23.2 Å². The molecular weight excluding hydrogens is 274 g/mol. The lowest BCUT2D eigenvalue weighted by Gasteiger charge is -2.26. The lowest BCUT2D eigenvalue weighted by Crippen LogP contribution is -2.39. The van der Waals surface area contributed by atoms with Crippen molar-refractivity contribution in [3.8, 4) is 0 Å². The Morgan fingerprint density at radius 1 is 1.30 bits per heavy atom. The van der Waals surface area contributed by atoms with E-state index in [1.54, 1.807) is 18.2 Å². The van der Waals surface area contributed by atoms with E-state index in [0.717, 1.165) is 19.5 Å². The van der Waals surface area contributed by atoms with Crippen molar-refractivity contribution in [3.05, 3.63) is 28.8 Å². The van der Waals surface area contributed by atoms with Crippen molar-refractivity contribution in [3.63, 3.8) is 0 Å². The summed E-state index contributed by atoms with van der Waals surface area (Å²) in [6.45, 7) is 1.61. The van der Waals surface area contributed by atoms with Gasteiger partial charge in [0.2, 0.25) is 0 Å². The number of nitrogen functional groups attached to an aromatic ring is 1. The summed E-state index contributed by atoms with van der Waals surface area (Å²) in [6, 6.07) is 6.21. The summed E-state index contributed by atoms with van der Waals surface area (Å²) in [5.74, 6) is 0.0279. The molecule has 4 nitrogen and oxygen atoms in total. The standard InChI is InChI=1S/C15H20ClN3O/c1-18-11-3-4-12(18)9-19(7-6-11)15(20)13-5-2-10(16)8-14(13)17/h2,5,8,11-12H,3-4,6-7,9,17H2,1H3. The van der Waals surface area contributed by atoms with Crippen LogP contribution in [0.4, 0.5) is 5.69 Å². The Kier molecular flexibility index (Phi) is 3.61.